The standard InChI is InChI=1S/C23H25F3N2O2/c1-22(2)13-28(11-15-5-4-6-17(9-15)30-14-23(24,25)26)12-20-21(22)18-10-16(29-3)7-8-19(18)27-20/h4-10,27H,11-14H2,1-3H3. The maximum Gasteiger partial charge on any atom is 0.422 e. The van der Waals surface area contributed by atoms with Crippen LogP contribution in [0.3, 0.4) is 0 Å². The van der Waals surface area contributed by atoms with Crippen molar-refractivity contribution >= 4 is 10.9 Å². The number of fused-ring (bicyclic) bond motifs is 3. The maximum absolute atomic E-state index is 12.4. The lowest BCUT2D eigenvalue weighted by molar-refractivity contribution is -0.153. The number of aromatic amines is 1. The maximum atomic E-state index is 12.4. The van der Waals surface area contributed by atoms with Crippen molar-refractivity contribution in [3.63, 3.8) is 0 Å². The second kappa shape index (κ2) is 7.54. The Morgan fingerprint density at radius 3 is 2.63 bits per heavy atom. The molecule has 3 aromatic rings. The molecule has 0 saturated heterocycles. The van der Waals surface area contributed by atoms with Crippen LogP contribution in [-0.2, 0) is 18.5 Å². The van der Waals surface area contributed by atoms with Gasteiger partial charge in [-0.1, -0.05) is 26.0 Å². The van der Waals surface area contributed by atoms with Crippen molar-refractivity contribution < 1.29 is 22.6 Å². The lowest BCUT2D eigenvalue weighted by Gasteiger charge is -2.38. The largest absolute Gasteiger partial charge is 0.497 e. The van der Waals surface area contributed by atoms with E-state index in [0.29, 0.717) is 6.54 Å². The van der Waals surface area contributed by atoms with Crippen LogP contribution in [0.1, 0.15) is 30.7 Å². The van der Waals surface area contributed by atoms with E-state index in [4.69, 9.17) is 9.47 Å². The van der Waals surface area contributed by atoms with Gasteiger partial charge in [0.2, 0.25) is 0 Å². The number of hydrogen-bond donors (Lipinski definition) is 1. The Hall–Kier alpha value is -2.67. The molecule has 2 heterocycles. The number of alkyl halides is 3. The molecule has 1 aliphatic rings. The summed E-state index contributed by atoms with van der Waals surface area (Å²) in [7, 11) is 1.67. The highest BCUT2D eigenvalue weighted by Crippen LogP contribution is 2.40. The summed E-state index contributed by atoms with van der Waals surface area (Å²) in [4.78, 5) is 5.84. The second-order valence-corrected chi connectivity index (χ2v) is 8.47. The van der Waals surface area contributed by atoms with Crippen LogP contribution >= 0.6 is 0 Å². The van der Waals surface area contributed by atoms with Gasteiger partial charge in [-0.05, 0) is 41.5 Å². The van der Waals surface area contributed by atoms with Gasteiger partial charge >= 0.3 is 6.18 Å². The Bertz CT molecular complexity index is 1060. The van der Waals surface area contributed by atoms with Gasteiger partial charge in [0.1, 0.15) is 11.5 Å². The highest BCUT2D eigenvalue weighted by Gasteiger charge is 2.35. The first-order chi connectivity index (χ1) is 14.1. The first-order valence-electron chi connectivity index (χ1n) is 9.84. The Morgan fingerprint density at radius 1 is 1.10 bits per heavy atom. The first-order valence-corrected chi connectivity index (χ1v) is 9.84. The summed E-state index contributed by atoms with van der Waals surface area (Å²) in [6.45, 7) is 5.35. The number of H-pyrrole nitrogens is 1. The predicted molar refractivity (Wildman–Crippen MR) is 110 cm³/mol. The van der Waals surface area contributed by atoms with Crippen molar-refractivity contribution in [2.45, 2.75) is 38.5 Å². The summed E-state index contributed by atoms with van der Waals surface area (Å²) in [5.74, 6) is 1.07. The molecule has 0 bridgehead atoms. The van der Waals surface area contributed by atoms with Gasteiger partial charge in [-0.2, -0.15) is 13.2 Å². The molecule has 0 saturated carbocycles. The van der Waals surface area contributed by atoms with Gasteiger partial charge in [0.25, 0.3) is 0 Å². The van der Waals surface area contributed by atoms with E-state index in [9.17, 15) is 13.2 Å². The molecular weight excluding hydrogens is 393 g/mol. The molecule has 160 valence electrons. The van der Waals surface area contributed by atoms with Gasteiger partial charge in [-0.25, -0.2) is 0 Å². The normalized spacial score (nSPS) is 16.5. The molecule has 1 aliphatic heterocycles. The number of nitrogens with zero attached hydrogens (tertiary/aromatic N) is 1. The van der Waals surface area contributed by atoms with Crippen LogP contribution in [-0.4, -0.2) is 36.3 Å². The van der Waals surface area contributed by atoms with Crippen LogP contribution in [0.25, 0.3) is 10.9 Å². The van der Waals surface area contributed by atoms with Crippen LogP contribution in [0.5, 0.6) is 11.5 Å². The van der Waals surface area contributed by atoms with E-state index in [-0.39, 0.29) is 11.2 Å². The van der Waals surface area contributed by atoms with Gasteiger partial charge in [-0.3, -0.25) is 4.90 Å². The molecule has 1 aromatic heterocycles. The predicted octanol–water partition coefficient (Wildman–Crippen LogP) is 5.41. The minimum absolute atomic E-state index is 0.0947. The zero-order valence-electron chi connectivity index (χ0n) is 17.3. The summed E-state index contributed by atoms with van der Waals surface area (Å²) in [5.41, 5.74) is 4.38. The third kappa shape index (κ3) is 4.26. The molecule has 4 nitrogen and oxygen atoms in total. The van der Waals surface area contributed by atoms with Gasteiger partial charge in [0.15, 0.2) is 6.61 Å². The number of halogens is 3. The molecular formula is C23H25F3N2O2. The van der Waals surface area contributed by atoms with Crippen LogP contribution in [0.15, 0.2) is 42.5 Å². The van der Waals surface area contributed by atoms with Crippen molar-refractivity contribution in [2.24, 2.45) is 0 Å². The van der Waals surface area contributed by atoms with Crippen molar-refractivity contribution in [3.8, 4) is 11.5 Å². The molecule has 30 heavy (non-hydrogen) atoms. The number of benzene rings is 2. The van der Waals surface area contributed by atoms with Gasteiger partial charge < -0.3 is 14.5 Å². The van der Waals surface area contributed by atoms with Crippen molar-refractivity contribution in [2.75, 3.05) is 20.3 Å². The number of aromatic nitrogens is 1. The fourth-order valence-corrected chi connectivity index (χ4v) is 4.43. The third-order valence-electron chi connectivity index (χ3n) is 5.47. The summed E-state index contributed by atoms with van der Waals surface area (Å²) < 4.78 is 47.6. The van der Waals surface area contributed by atoms with Crippen LogP contribution in [0, 0.1) is 0 Å². The Balaban J connectivity index is 1.56. The average molecular weight is 418 g/mol. The summed E-state index contributed by atoms with van der Waals surface area (Å²) in [6, 6.07) is 12.9. The Labute approximate surface area is 173 Å². The van der Waals surface area contributed by atoms with Crippen LogP contribution in [0.4, 0.5) is 13.2 Å². The van der Waals surface area contributed by atoms with Crippen LogP contribution < -0.4 is 9.47 Å². The molecule has 7 heteroatoms. The summed E-state index contributed by atoms with van der Waals surface area (Å²) in [5, 5.41) is 1.18. The molecule has 0 aliphatic carbocycles. The van der Waals surface area contributed by atoms with Gasteiger partial charge in [-0.15, -0.1) is 0 Å². The third-order valence-corrected chi connectivity index (χ3v) is 5.47. The number of nitrogens with one attached hydrogen (secondary N) is 1. The molecule has 0 spiro atoms. The van der Waals surface area contributed by atoms with E-state index >= 15 is 0 Å². The molecule has 2 aromatic carbocycles. The zero-order chi connectivity index (χ0) is 21.5. The minimum atomic E-state index is -4.35. The SMILES string of the molecule is COc1ccc2[nH]c3c(c2c1)C(C)(C)CN(Cc1cccc(OCC(F)(F)F)c1)C3. The molecule has 0 radical (unpaired) electrons. The minimum Gasteiger partial charge on any atom is -0.497 e. The first kappa shape index (κ1) is 20.6. The number of methoxy groups -OCH3 is 1. The van der Waals surface area contributed by atoms with Crippen molar-refractivity contribution in [3.05, 3.63) is 59.3 Å². The fraction of sp³-hybridized carbons (Fsp3) is 0.391. The monoisotopic (exact) mass is 418 g/mol. The topological polar surface area (TPSA) is 37.5 Å². The number of ether oxygens (including phenoxy) is 2. The van der Waals surface area contributed by atoms with Gasteiger partial charge in [0.05, 0.1) is 7.11 Å². The molecule has 0 amide bonds. The number of hydrogen-bond acceptors (Lipinski definition) is 3. The fourth-order valence-electron chi connectivity index (χ4n) is 4.43. The molecule has 0 unspecified atom stereocenters. The molecule has 0 fully saturated rings. The Morgan fingerprint density at radius 2 is 1.90 bits per heavy atom. The van der Waals surface area contributed by atoms with Crippen LogP contribution in [0.2, 0.25) is 0 Å². The molecule has 1 N–H and O–H groups in total. The van der Waals surface area contributed by atoms with E-state index in [1.54, 1.807) is 25.3 Å². The summed E-state index contributed by atoms with van der Waals surface area (Å²) in [6.07, 6.45) is -4.35. The van der Waals surface area contributed by atoms with E-state index in [0.717, 1.165) is 29.9 Å². The average Bonchev–Trinajstić information content (AvgIpc) is 3.04. The highest BCUT2D eigenvalue weighted by atomic mass is 19.4. The van der Waals surface area contributed by atoms with E-state index in [2.05, 4.69) is 29.8 Å². The lowest BCUT2D eigenvalue weighted by Crippen LogP contribution is -2.41. The van der Waals surface area contributed by atoms with Gasteiger partial charge in [0, 0.05) is 41.6 Å². The van der Waals surface area contributed by atoms with Crippen molar-refractivity contribution in [1.82, 2.24) is 9.88 Å². The summed E-state index contributed by atoms with van der Waals surface area (Å²) >= 11 is 0. The lowest BCUT2D eigenvalue weighted by atomic mass is 9.79. The second-order valence-electron chi connectivity index (χ2n) is 8.47. The smallest absolute Gasteiger partial charge is 0.422 e. The Kier molecular flexibility index (Phi) is 5.18. The quantitative estimate of drug-likeness (QED) is 0.602. The van der Waals surface area contributed by atoms with E-state index < -0.39 is 12.8 Å². The van der Waals surface area contributed by atoms with E-state index in [1.165, 1.54) is 16.6 Å². The van der Waals surface area contributed by atoms with Crippen molar-refractivity contribution in [1.29, 1.82) is 0 Å². The zero-order valence-corrected chi connectivity index (χ0v) is 17.3. The highest BCUT2D eigenvalue weighted by molar-refractivity contribution is 5.87. The molecule has 4 rings (SSSR count). The number of rotatable bonds is 5. The molecule has 0 atom stereocenters. The van der Waals surface area contributed by atoms with E-state index in [1.807, 2.05) is 18.2 Å².